The van der Waals surface area contributed by atoms with Crippen molar-refractivity contribution in [2.75, 3.05) is 0 Å². The number of aromatic carboxylic acids is 1. The lowest BCUT2D eigenvalue weighted by atomic mass is 9.82. The molecule has 1 aromatic heterocycles. The number of hydrogen-bond donors (Lipinski definition) is 2. The Morgan fingerprint density at radius 3 is 1.93 bits per heavy atom. The quantitative estimate of drug-likeness (QED) is 0.668. The zero-order valence-electron chi connectivity index (χ0n) is 17.7. The van der Waals surface area contributed by atoms with E-state index in [4.69, 9.17) is 22.3 Å². The number of nitrogens with two attached hydrogens (primary N) is 1. The number of rotatable bonds is 5. The number of carbonyl (C=O) groups is 1. The van der Waals surface area contributed by atoms with Crippen molar-refractivity contribution in [3.05, 3.63) is 51.8 Å². The Balaban J connectivity index is 2.90. The van der Waals surface area contributed by atoms with E-state index >= 15 is 0 Å². The van der Waals surface area contributed by atoms with Crippen LogP contribution in [-0.2, 0) is 19.4 Å². The molecule has 28 heavy (non-hydrogen) atoms. The standard InChI is InChI=1S/C23H31ClN2O2/c1-22(2,3)11-17-16(13-25)19(14-7-9-15(24)10-8-14)20(21(27)28)18(26-17)12-23(4,5)6/h7-10H,11-13,25H2,1-6H3,(H,27,28). The molecular formula is C23H31ClN2O2. The summed E-state index contributed by atoms with van der Waals surface area (Å²) in [4.78, 5) is 17.2. The van der Waals surface area contributed by atoms with Gasteiger partial charge < -0.3 is 10.8 Å². The second-order valence-electron chi connectivity index (χ2n) is 9.72. The summed E-state index contributed by atoms with van der Waals surface area (Å²) in [5.41, 5.74) is 10.0. The van der Waals surface area contributed by atoms with Crippen molar-refractivity contribution in [3.8, 4) is 11.1 Å². The molecule has 2 aromatic rings. The van der Waals surface area contributed by atoms with Crippen LogP contribution in [-0.4, -0.2) is 16.1 Å². The predicted molar refractivity (Wildman–Crippen MR) is 116 cm³/mol. The molecule has 0 aliphatic rings. The van der Waals surface area contributed by atoms with E-state index in [1.165, 1.54) is 0 Å². The molecule has 1 aromatic carbocycles. The number of carboxylic acids is 1. The Labute approximate surface area is 173 Å². The third-order valence-electron chi connectivity index (χ3n) is 4.41. The van der Waals surface area contributed by atoms with Gasteiger partial charge in [0, 0.05) is 22.8 Å². The van der Waals surface area contributed by atoms with E-state index in [0.29, 0.717) is 22.7 Å². The Morgan fingerprint density at radius 1 is 1.00 bits per heavy atom. The smallest absolute Gasteiger partial charge is 0.338 e. The first-order valence-corrected chi connectivity index (χ1v) is 9.94. The highest BCUT2D eigenvalue weighted by Gasteiger charge is 2.28. The minimum atomic E-state index is -0.978. The lowest BCUT2D eigenvalue weighted by Crippen LogP contribution is -2.22. The van der Waals surface area contributed by atoms with Crippen molar-refractivity contribution in [1.82, 2.24) is 4.98 Å². The van der Waals surface area contributed by atoms with E-state index < -0.39 is 5.97 Å². The highest BCUT2D eigenvalue weighted by molar-refractivity contribution is 6.30. The third-order valence-corrected chi connectivity index (χ3v) is 4.66. The summed E-state index contributed by atoms with van der Waals surface area (Å²) < 4.78 is 0. The van der Waals surface area contributed by atoms with Crippen molar-refractivity contribution in [2.24, 2.45) is 16.6 Å². The number of benzene rings is 1. The van der Waals surface area contributed by atoms with Crippen LogP contribution < -0.4 is 5.73 Å². The van der Waals surface area contributed by atoms with Crippen LogP contribution in [0.5, 0.6) is 0 Å². The van der Waals surface area contributed by atoms with E-state index in [0.717, 1.165) is 23.2 Å². The molecule has 0 bridgehead atoms. The van der Waals surface area contributed by atoms with Crippen molar-refractivity contribution < 1.29 is 9.90 Å². The Kier molecular flexibility index (Phi) is 6.57. The van der Waals surface area contributed by atoms with Crippen LogP contribution >= 0.6 is 11.6 Å². The second kappa shape index (κ2) is 8.22. The zero-order chi connectivity index (χ0) is 21.3. The Bertz CT molecular complexity index is 860. The van der Waals surface area contributed by atoms with Crippen LogP contribution in [0, 0.1) is 10.8 Å². The molecule has 0 saturated heterocycles. The summed E-state index contributed by atoms with van der Waals surface area (Å²) in [5, 5.41) is 10.7. The normalized spacial score (nSPS) is 12.3. The fourth-order valence-electron chi connectivity index (χ4n) is 3.39. The van der Waals surface area contributed by atoms with Crippen molar-refractivity contribution in [3.63, 3.8) is 0 Å². The van der Waals surface area contributed by atoms with Crippen LogP contribution in [0.4, 0.5) is 0 Å². The number of pyridine rings is 1. The first-order valence-electron chi connectivity index (χ1n) is 9.56. The van der Waals surface area contributed by atoms with Crippen LogP contribution in [0.1, 0.15) is 68.9 Å². The third kappa shape index (κ3) is 5.55. The van der Waals surface area contributed by atoms with E-state index in [-0.39, 0.29) is 22.9 Å². The van der Waals surface area contributed by atoms with E-state index in [1.807, 2.05) is 12.1 Å². The number of hydrogen-bond acceptors (Lipinski definition) is 3. The highest BCUT2D eigenvalue weighted by Crippen LogP contribution is 2.36. The molecule has 0 aliphatic carbocycles. The van der Waals surface area contributed by atoms with Gasteiger partial charge in [-0.15, -0.1) is 0 Å². The van der Waals surface area contributed by atoms with E-state index in [9.17, 15) is 9.90 Å². The molecule has 0 spiro atoms. The SMILES string of the molecule is CC(C)(C)Cc1nc(CC(C)(C)C)c(C(=O)O)c(-c2ccc(Cl)cc2)c1CN. The minimum Gasteiger partial charge on any atom is -0.478 e. The van der Waals surface area contributed by atoms with Crippen LogP contribution in [0.15, 0.2) is 24.3 Å². The van der Waals surface area contributed by atoms with Gasteiger partial charge in [-0.05, 0) is 46.9 Å². The first-order chi connectivity index (χ1) is 12.8. The highest BCUT2D eigenvalue weighted by atomic mass is 35.5. The maximum atomic E-state index is 12.3. The molecule has 5 heteroatoms. The van der Waals surface area contributed by atoms with Gasteiger partial charge in [0.2, 0.25) is 0 Å². The topological polar surface area (TPSA) is 76.2 Å². The van der Waals surface area contributed by atoms with Gasteiger partial charge in [0.05, 0.1) is 11.3 Å². The maximum Gasteiger partial charge on any atom is 0.338 e. The predicted octanol–water partition coefficient (Wildman–Crippen LogP) is 5.74. The molecule has 0 amide bonds. The van der Waals surface area contributed by atoms with Gasteiger partial charge in [-0.3, -0.25) is 4.98 Å². The first kappa shape index (κ1) is 22.4. The number of aromatic nitrogens is 1. The average Bonchev–Trinajstić information content (AvgIpc) is 2.51. The minimum absolute atomic E-state index is 0.00205. The Morgan fingerprint density at radius 2 is 1.50 bits per heavy atom. The van der Waals surface area contributed by atoms with Gasteiger partial charge >= 0.3 is 5.97 Å². The van der Waals surface area contributed by atoms with Crippen LogP contribution in [0.2, 0.25) is 5.02 Å². The monoisotopic (exact) mass is 402 g/mol. The van der Waals surface area contributed by atoms with Gasteiger partial charge in [0.25, 0.3) is 0 Å². The molecule has 0 fully saturated rings. The molecule has 0 atom stereocenters. The number of carboxylic acid groups (broad SMARTS) is 1. The van der Waals surface area contributed by atoms with Gasteiger partial charge in [0.1, 0.15) is 0 Å². The lowest BCUT2D eigenvalue weighted by Gasteiger charge is -2.26. The van der Waals surface area contributed by atoms with Crippen molar-refractivity contribution in [2.45, 2.75) is 60.9 Å². The lowest BCUT2D eigenvalue weighted by molar-refractivity contribution is 0.0695. The molecule has 152 valence electrons. The number of halogens is 1. The van der Waals surface area contributed by atoms with Crippen LogP contribution in [0.3, 0.4) is 0 Å². The number of nitrogens with zero attached hydrogens (tertiary/aromatic N) is 1. The molecule has 2 rings (SSSR count). The van der Waals surface area contributed by atoms with Gasteiger partial charge in [-0.2, -0.15) is 0 Å². The summed E-state index contributed by atoms with van der Waals surface area (Å²) >= 11 is 6.06. The summed E-state index contributed by atoms with van der Waals surface area (Å²) in [6.45, 7) is 12.9. The molecule has 1 heterocycles. The fraction of sp³-hybridized carbons (Fsp3) is 0.478. The van der Waals surface area contributed by atoms with Crippen LogP contribution in [0.25, 0.3) is 11.1 Å². The van der Waals surface area contributed by atoms with Gasteiger partial charge in [0.15, 0.2) is 0 Å². The molecule has 0 saturated carbocycles. The fourth-order valence-corrected chi connectivity index (χ4v) is 3.52. The summed E-state index contributed by atoms with van der Waals surface area (Å²) in [6.07, 6.45) is 1.29. The summed E-state index contributed by atoms with van der Waals surface area (Å²) in [7, 11) is 0. The van der Waals surface area contributed by atoms with Gasteiger partial charge in [-0.1, -0.05) is 65.3 Å². The summed E-state index contributed by atoms with van der Waals surface area (Å²) in [6, 6.07) is 7.25. The maximum absolute atomic E-state index is 12.3. The molecule has 0 radical (unpaired) electrons. The summed E-state index contributed by atoms with van der Waals surface area (Å²) in [5.74, 6) is -0.978. The molecule has 3 N–H and O–H groups in total. The largest absolute Gasteiger partial charge is 0.478 e. The van der Waals surface area contributed by atoms with Crippen molar-refractivity contribution in [1.29, 1.82) is 0 Å². The van der Waals surface area contributed by atoms with E-state index in [1.54, 1.807) is 12.1 Å². The average molecular weight is 403 g/mol. The molecular weight excluding hydrogens is 372 g/mol. The molecule has 0 aliphatic heterocycles. The second-order valence-corrected chi connectivity index (χ2v) is 10.2. The molecule has 0 unspecified atom stereocenters. The Hall–Kier alpha value is -1.91. The molecule has 4 nitrogen and oxygen atoms in total. The zero-order valence-corrected chi connectivity index (χ0v) is 18.4. The van der Waals surface area contributed by atoms with E-state index in [2.05, 4.69) is 41.5 Å². The van der Waals surface area contributed by atoms with Gasteiger partial charge in [-0.25, -0.2) is 4.79 Å². The van der Waals surface area contributed by atoms with Crippen molar-refractivity contribution >= 4 is 17.6 Å².